The third-order valence-corrected chi connectivity index (χ3v) is 6.06. The lowest BCUT2D eigenvalue weighted by Crippen LogP contribution is -2.08. The number of aromatic nitrogens is 1. The molecule has 3 aromatic carbocycles. The minimum Gasteiger partial charge on any atom is -0.477 e. The van der Waals surface area contributed by atoms with Crippen LogP contribution >= 0.6 is 34.8 Å². The summed E-state index contributed by atoms with van der Waals surface area (Å²) in [4.78, 5) is 11.8. The van der Waals surface area contributed by atoms with Crippen LogP contribution in [-0.2, 0) is 19.5 Å². The van der Waals surface area contributed by atoms with Crippen LogP contribution in [0.5, 0.6) is 0 Å². The van der Waals surface area contributed by atoms with Crippen LogP contribution in [-0.4, -0.2) is 15.6 Å². The smallest absolute Gasteiger partial charge is 0.352 e. The predicted octanol–water partition coefficient (Wildman–Crippen LogP) is 7.40. The molecule has 0 atom stereocenters. The first kappa shape index (κ1) is 23.2. The second-order valence-corrected chi connectivity index (χ2v) is 9.04. The molecule has 0 saturated heterocycles. The van der Waals surface area contributed by atoms with Crippen LogP contribution in [0.4, 0.5) is 5.69 Å². The summed E-state index contributed by atoms with van der Waals surface area (Å²) in [5.41, 5.74) is 5.09. The number of hydrogen-bond acceptors (Lipinski definition) is 2. The van der Waals surface area contributed by atoms with Gasteiger partial charge in [0.05, 0.1) is 0 Å². The molecule has 0 aliphatic carbocycles. The summed E-state index contributed by atoms with van der Waals surface area (Å²) >= 11 is 18.4. The van der Waals surface area contributed by atoms with Gasteiger partial charge in [-0.1, -0.05) is 65.1 Å². The maximum Gasteiger partial charge on any atom is 0.352 e. The maximum atomic E-state index is 11.8. The lowest BCUT2D eigenvalue weighted by molar-refractivity contribution is 0.0685. The van der Waals surface area contributed by atoms with Crippen molar-refractivity contribution in [2.45, 2.75) is 19.5 Å². The van der Waals surface area contributed by atoms with E-state index in [0.717, 1.165) is 27.9 Å². The van der Waals surface area contributed by atoms with E-state index in [1.807, 2.05) is 60.8 Å². The van der Waals surface area contributed by atoms with Gasteiger partial charge in [-0.15, -0.1) is 0 Å². The molecule has 0 spiro atoms. The Labute approximate surface area is 207 Å². The van der Waals surface area contributed by atoms with E-state index in [0.29, 0.717) is 34.6 Å². The van der Waals surface area contributed by atoms with Crippen molar-refractivity contribution in [3.63, 3.8) is 0 Å². The van der Waals surface area contributed by atoms with Crippen molar-refractivity contribution in [3.05, 3.63) is 122 Å². The number of hydrogen-bond donors (Lipinski definition) is 2. The van der Waals surface area contributed by atoms with Crippen LogP contribution in [0.1, 0.15) is 32.7 Å². The summed E-state index contributed by atoms with van der Waals surface area (Å²) in [7, 11) is 0. The van der Waals surface area contributed by atoms with Gasteiger partial charge in [0.25, 0.3) is 0 Å². The van der Waals surface area contributed by atoms with Crippen LogP contribution in [0, 0.1) is 0 Å². The second-order valence-electron chi connectivity index (χ2n) is 7.76. The van der Waals surface area contributed by atoms with Crippen LogP contribution in [0.25, 0.3) is 0 Å². The highest BCUT2D eigenvalue weighted by Gasteiger charge is 2.14. The fourth-order valence-electron chi connectivity index (χ4n) is 3.68. The van der Waals surface area contributed by atoms with Crippen molar-refractivity contribution in [1.29, 1.82) is 0 Å². The van der Waals surface area contributed by atoms with Gasteiger partial charge in [-0.3, -0.25) is 0 Å². The summed E-state index contributed by atoms with van der Waals surface area (Å²) in [5.74, 6) is -0.964. The molecule has 0 bridgehead atoms. The highest BCUT2D eigenvalue weighted by molar-refractivity contribution is 6.34. The van der Waals surface area contributed by atoms with E-state index in [1.165, 1.54) is 0 Å². The molecule has 4 nitrogen and oxygen atoms in total. The van der Waals surface area contributed by atoms with Gasteiger partial charge in [0.2, 0.25) is 0 Å². The predicted molar refractivity (Wildman–Crippen MR) is 135 cm³/mol. The molecule has 0 unspecified atom stereocenters. The minimum absolute atomic E-state index is 0.239. The largest absolute Gasteiger partial charge is 0.477 e. The van der Waals surface area contributed by atoms with Crippen LogP contribution < -0.4 is 5.32 Å². The first-order valence-electron chi connectivity index (χ1n) is 10.3. The average Bonchev–Trinajstić information content (AvgIpc) is 3.17. The first-order chi connectivity index (χ1) is 15.9. The zero-order chi connectivity index (χ0) is 23.4. The molecule has 1 heterocycles. The summed E-state index contributed by atoms with van der Waals surface area (Å²) in [6.07, 6.45) is 2.50. The van der Waals surface area contributed by atoms with Crippen LogP contribution in [0.3, 0.4) is 0 Å². The molecule has 2 N–H and O–H groups in total. The van der Waals surface area contributed by atoms with E-state index >= 15 is 0 Å². The third kappa shape index (κ3) is 6.11. The lowest BCUT2D eigenvalue weighted by Gasteiger charge is -2.09. The molecule has 4 rings (SSSR count). The molecule has 0 aliphatic heterocycles. The summed E-state index contributed by atoms with van der Waals surface area (Å²) in [6.45, 7) is 1.00. The van der Waals surface area contributed by atoms with Gasteiger partial charge < -0.3 is 15.0 Å². The molecule has 0 saturated carbocycles. The Kier molecular flexibility index (Phi) is 7.29. The molecule has 0 radical (unpaired) electrons. The zero-order valence-corrected chi connectivity index (χ0v) is 19.8. The number of rotatable bonds is 8. The van der Waals surface area contributed by atoms with Crippen molar-refractivity contribution in [2.24, 2.45) is 0 Å². The Morgan fingerprint density at radius 1 is 0.848 bits per heavy atom. The van der Waals surface area contributed by atoms with Crippen molar-refractivity contribution < 1.29 is 9.90 Å². The van der Waals surface area contributed by atoms with Gasteiger partial charge in [-0.25, -0.2) is 4.79 Å². The normalized spacial score (nSPS) is 10.9. The SMILES string of the molecule is O=C(O)c1cc(Cc2ccc(NCc3cc(Cl)cc(Cl)c3)cc2)cn1Cc1ccccc1Cl. The Morgan fingerprint density at radius 3 is 2.21 bits per heavy atom. The van der Waals surface area contributed by atoms with E-state index < -0.39 is 5.97 Å². The van der Waals surface area contributed by atoms with Gasteiger partial charge in [0, 0.05) is 40.0 Å². The number of nitrogens with one attached hydrogen (secondary N) is 1. The summed E-state index contributed by atoms with van der Waals surface area (Å²) in [5, 5.41) is 14.8. The number of carboxylic acids is 1. The number of nitrogens with zero attached hydrogens (tertiary/aromatic N) is 1. The van der Waals surface area contributed by atoms with Gasteiger partial charge >= 0.3 is 5.97 Å². The number of carboxylic acid groups (broad SMARTS) is 1. The van der Waals surface area contributed by atoms with Gasteiger partial charge in [-0.2, -0.15) is 0 Å². The van der Waals surface area contributed by atoms with E-state index in [9.17, 15) is 9.90 Å². The Hall–Kier alpha value is -2.92. The fourth-order valence-corrected chi connectivity index (χ4v) is 4.45. The maximum absolute atomic E-state index is 11.8. The molecular formula is C26H21Cl3N2O2. The lowest BCUT2D eigenvalue weighted by atomic mass is 10.1. The monoisotopic (exact) mass is 498 g/mol. The number of benzene rings is 3. The highest BCUT2D eigenvalue weighted by Crippen LogP contribution is 2.22. The number of aromatic carboxylic acids is 1. The standard InChI is InChI=1S/C26H21Cl3N2O2/c27-21-10-18(11-22(28)13-21)14-30-23-7-5-17(6-8-23)9-19-12-25(26(32)33)31(15-19)16-20-3-1-2-4-24(20)29/h1-8,10-13,15,30H,9,14,16H2,(H,32,33). The van der Waals surface area contributed by atoms with E-state index in [2.05, 4.69) is 5.32 Å². The van der Waals surface area contributed by atoms with Crippen molar-refractivity contribution in [3.8, 4) is 0 Å². The molecular weight excluding hydrogens is 479 g/mol. The highest BCUT2D eigenvalue weighted by atomic mass is 35.5. The summed E-state index contributed by atoms with van der Waals surface area (Å²) in [6, 6.07) is 22.7. The van der Waals surface area contributed by atoms with Crippen LogP contribution in [0.15, 0.2) is 79.0 Å². The molecule has 0 amide bonds. The molecule has 33 heavy (non-hydrogen) atoms. The zero-order valence-electron chi connectivity index (χ0n) is 17.6. The van der Waals surface area contributed by atoms with Gasteiger partial charge in [0.1, 0.15) is 5.69 Å². The Morgan fingerprint density at radius 2 is 1.55 bits per heavy atom. The van der Waals surface area contributed by atoms with Crippen molar-refractivity contribution in [2.75, 3.05) is 5.32 Å². The topological polar surface area (TPSA) is 54.3 Å². The second kappa shape index (κ2) is 10.3. The number of anilines is 1. The van der Waals surface area contributed by atoms with E-state index in [-0.39, 0.29) is 5.69 Å². The number of halogens is 3. The molecule has 0 fully saturated rings. The molecule has 7 heteroatoms. The average molecular weight is 500 g/mol. The van der Waals surface area contributed by atoms with Gasteiger partial charge in [0.15, 0.2) is 0 Å². The minimum atomic E-state index is -0.964. The van der Waals surface area contributed by atoms with Gasteiger partial charge in [-0.05, 0) is 71.1 Å². The van der Waals surface area contributed by atoms with Crippen LogP contribution in [0.2, 0.25) is 15.1 Å². The van der Waals surface area contributed by atoms with E-state index in [4.69, 9.17) is 34.8 Å². The Balaban J connectivity index is 1.44. The van der Waals surface area contributed by atoms with Crippen molar-refractivity contribution >= 4 is 46.5 Å². The molecule has 168 valence electrons. The molecule has 0 aliphatic rings. The van der Waals surface area contributed by atoms with Crippen molar-refractivity contribution in [1.82, 2.24) is 4.57 Å². The Bertz CT molecular complexity index is 1260. The molecule has 4 aromatic rings. The number of carbonyl (C=O) groups is 1. The van der Waals surface area contributed by atoms with E-state index in [1.54, 1.807) is 22.8 Å². The fraction of sp³-hybridized carbons (Fsp3) is 0.115. The quantitative estimate of drug-likeness (QED) is 0.265. The first-order valence-corrected chi connectivity index (χ1v) is 11.4. The third-order valence-electron chi connectivity index (χ3n) is 5.25. The molecule has 1 aromatic heterocycles. The summed E-state index contributed by atoms with van der Waals surface area (Å²) < 4.78 is 1.73.